The molecular weight excluding hydrogens is 334 g/mol. The third-order valence-electron chi connectivity index (χ3n) is 4.24. The van der Waals surface area contributed by atoms with Gasteiger partial charge in [0.1, 0.15) is 4.90 Å². The maximum atomic E-state index is 12.4. The lowest BCUT2D eigenvalue weighted by Crippen LogP contribution is -2.34. The van der Waals surface area contributed by atoms with Gasteiger partial charge in [0.05, 0.1) is 26.9 Å². The highest BCUT2D eigenvalue weighted by Gasteiger charge is 2.26. The molecule has 1 aliphatic carbocycles. The molecule has 1 aliphatic heterocycles. The van der Waals surface area contributed by atoms with Gasteiger partial charge >= 0.3 is 0 Å². The second-order valence-electron chi connectivity index (χ2n) is 5.89. The van der Waals surface area contributed by atoms with Crippen LogP contribution >= 0.6 is 0 Å². The summed E-state index contributed by atoms with van der Waals surface area (Å²) in [5.41, 5.74) is 1.73. The lowest BCUT2D eigenvalue weighted by Gasteiger charge is -2.12. The number of fused-ring (bicyclic) bond motifs is 1. The van der Waals surface area contributed by atoms with Crippen LogP contribution in [0.5, 0.6) is 0 Å². The van der Waals surface area contributed by atoms with Crippen LogP contribution in [0.1, 0.15) is 25.7 Å². The highest BCUT2D eigenvalue weighted by atomic mass is 32.2. The van der Waals surface area contributed by atoms with E-state index < -0.39 is 20.8 Å². The van der Waals surface area contributed by atoms with E-state index in [-0.39, 0.29) is 9.79 Å². The molecule has 126 valence electrons. The van der Waals surface area contributed by atoms with Crippen LogP contribution in [0.25, 0.3) is 0 Å². The monoisotopic (exact) mass is 355 g/mol. The highest BCUT2D eigenvalue weighted by Crippen LogP contribution is 2.32. The predicted molar refractivity (Wildman–Crippen MR) is 91.0 cm³/mol. The van der Waals surface area contributed by atoms with Gasteiger partial charge in [-0.25, -0.2) is 22.3 Å². The zero-order valence-corrected chi connectivity index (χ0v) is 14.5. The summed E-state index contributed by atoms with van der Waals surface area (Å²) >= 11 is 0. The Morgan fingerprint density at radius 2 is 2.00 bits per heavy atom. The van der Waals surface area contributed by atoms with Crippen molar-refractivity contribution in [1.82, 2.24) is 10.0 Å². The number of hydrogen-bond acceptors (Lipinski definition) is 5. The van der Waals surface area contributed by atoms with E-state index >= 15 is 0 Å². The van der Waals surface area contributed by atoms with E-state index in [4.69, 9.17) is 0 Å². The molecule has 0 aromatic heterocycles. The van der Waals surface area contributed by atoms with Crippen molar-refractivity contribution in [3.05, 3.63) is 18.2 Å². The molecule has 1 heterocycles. The Bertz CT molecular complexity index is 725. The van der Waals surface area contributed by atoms with Crippen molar-refractivity contribution in [1.29, 1.82) is 0 Å². The Labute approximate surface area is 139 Å². The average Bonchev–Trinajstić information content (AvgIpc) is 3.17. The van der Waals surface area contributed by atoms with Crippen molar-refractivity contribution in [2.45, 2.75) is 35.5 Å². The summed E-state index contributed by atoms with van der Waals surface area (Å²) in [6, 6.07) is 4.75. The normalized spacial score (nSPS) is 21.0. The van der Waals surface area contributed by atoms with Crippen molar-refractivity contribution < 1.29 is 12.6 Å². The van der Waals surface area contributed by atoms with E-state index in [2.05, 4.69) is 15.0 Å². The molecular formula is C15H21N3O3S2. The molecule has 2 N–H and O–H groups in total. The molecule has 0 bridgehead atoms. The summed E-state index contributed by atoms with van der Waals surface area (Å²) in [5, 5.41) is 3.30. The molecule has 1 fully saturated rings. The molecule has 1 aromatic rings. The number of nitrogens with one attached hydrogen (secondary N) is 2. The van der Waals surface area contributed by atoms with Crippen LogP contribution < -0.4 is 10.0 Å². The van der Waals surface area contributed by atoms with Gasteiger partial charge in [0, 0.05) is 13.1 Å². The smallest absolute Gasteiger partial charge is 0.241 e. The van der Waals surface area contributed by atoms with Crippen molar-refractivity contribution >= 4 is 32.1 Å². The van der Waals surface area contributed by atoms with Crippen LogP contribution in [0.4, 0.5) is 5.69 Å². The van der Waals surface area contributed by atoms with Gasteiger partial charge in [0.2, 0.25) is 10.0 Å². The number of nitrogens with zero attached hydrogens (tertiary/aromatic N) is 1. The van der Waals surface area contributed by atoms with Gasteiger partial charge in [0.15, 0.2) is 0 Å². The number of benzene rings is 1. The predicted octanol–water partition coefficient (Wildman–Crippen LogP) is 1.53. The van der Waals surface area contributed by atoms with Crippen molar-refractivity contribution in [2.75, 3.05) is 19.6 Å². The third-order valence-corrected chi connectivity index (χ3v) is 7.00. The number of aliphatic imine (C=N–C) groups is 1. The van der Waals surface area contributed by atoms with E-state index in [9.17, 15) is 12.6 Å². The van der Waals surface area contributed by atoms with E-state index in [1.807, 2.05) is 0 Å². The van der Waals surface area contributed by atoms with Crippen LogP contribution in [0, 0.1) is 5.92 Å². The standard InChI is InChI=1S/C15H21N3O3S2/c19-22-11-17-13-6-3-7-14(15(13)22)23(20,21)18-9-8-16-10-12-4-1-2-5-12/h3,6-7,11-12,16,18H,1-2,4-5,8-10H2. The first-order chi connectivity index (χ1) is 11.1. The van der Waals surface area contributed by atoms with E-state index in [1.165, 1.54) is 37.3 Å². The molecule has 23 heavy (non-hydrogen) atoms. The van der Waals surface area contributed by atoms with E-state index in [1.54, 1.807) is 12.1 Å². The van der Waals surface area contributed by atoms with Crippen LogP contribution in [-0.2, 0) is 20.8 Å². The molecule has 1 unspecified atom stereocenters. The molecule has 1 atom stereocenters. The quantitative estimate of drug-likeness (QED) is 0.726. The zero-order valence-electron chi connectivity index (χ0n) is 12.8. The zero-order chi connectivity index (χ0) is 16.3. The average molecular weight is 355 g/mol. The fraction of sp³-hybridized carbons (Fsp3) is 0.533. The van der Waals surface area contributed by atoms with Crippen LogP contribution in [0.3, 0.4) is 0 Å². The summed E-state index contributed by atoms with van der Waals surface area (Å²) in [7, 11) is -5.17. The second kappa shape index (κ2) is 7.21. The largest absolute Gasteiger partial charge is 0.315 e. The van der Waals surface area contributed by atoms with Gasteiger partial charge in [-0.1, -0.05) is 18.9 Å². The van der Waals surface area contributed by atoms with E-state index in [0.717, 1.165) is 12.5 Å². The summed E-state index contributed by atoms with van der Waals surface area (Å²) in [5.74, 6) is 0.726. The van der Waals surface area contributed by atoms with Crippen LogP contribution in [0.15, 0.2) is 33.0 Å². The Balaban J connectivity index is 1.56. The maximum Gasteiger partial charge on any atom is 0.241 e. The van der Waals surface area contributed by atoms with Gasteiger partial charge in [0.25, 0.3) is 0 Å². The number of rotatable bonds is 7. The minimum Gasteiger partial charge on any atom is -0.315 e. The van der Waals surface area contributed by atoms with Gasteiger partial charge in [-0.15, -0.1) is 0 Å². The third kappa shape index (κ3) is 3.88. The number of hydrogen-bond donors (Lipinski definition) is 2. The molecule has 3 rings (SSSR count). The Morgan fingerprint density at radius 3 is 2.78 bits per heavy atom. The first-order valence-electron chi connectivity index (χ1n) is 7.86. The maximum absolute atomic E-state index is 12.4. The number of sulfonamides is 1. The second-order valence-corrected chi connectivity index (χ2v) is 8.84. The van der Waals surface area contributed by atoms with Crippen LogP contribution in [-0.4, -0.2) is 37.8 Å². The lowest BCUT2D eigenvalue weighted by atomic mass is 10.1. The molecule has 1 aromatic carbocycles. The van der Waals surface area contributed by atoms with Crippen molar-refractivity contribution in [2.24, 2.45) is 10.9 Å². The minimum absolute atomic E-state index is 0.0571. The summed E-state index contributed by atoms with van der Waals surface area (Å²) in [6.45, 7) is 1.84. The van der Waals surface area contributed by atoms with Crippen molar-refractivity contribution in [3.63, 3.8) is 0 Å². The molecule has 8 heteroatoms. The van der Waals surface area contributed by atoms with Crippen molar-refractivity contribution in [3.8, 4) is 0 Å². The molecule has 6 nitrogen and oxygen atoms in total. The Kier molecular flexibility index (Phi) is 5.25. The fourth-order valence-electron chi connectivity index (χ4n) is 3.05. The molecule has 2 aliphatic rings. The SMILES string of the molecule is O=S1C=Nc2cccc(S(=O)(=O)NCCNCC3CCCC3)c21. The molecule has 0 amide bonds. The summed E-state index contributed by atoms with van der Waals surface area (Å²) in [4.78, 5) is 4.31. The minimum atomic E-state index is -3.68. The highest BCUT2D eigenvalue weighted by molar-refractivity contribution is 7.99. The Hall–Kier alpha value is -1.09. The van der Waals surface area contributed by atoms with Gasteiger partial charge in [-0.2, -0.15) is 0 Å². The lowest BCUT2D eigenvalue weighted by molar-refractivity contribution is 0.489. The summed E-state index contributed by atoms with van der Waals surface area (Å²) in [6.07, 6.45) is 5.13. The molecule has 1 saturated carbocycles. The van der Waals surface area contributed by atoms with Crippen LogP contribution in [0.2, 0.25) is 0 Å². The topological polar surface area (TPSA) is 87.6 Å². The first kappa shape index (κ1) is 16.8. The van der Waals surface area contributed by atoms with Gasteiger partial charge < -0.3 is 5.32 Å². The van der Waals surface area contributed by atoms with E-state index in [0.29, 0.717) is 18.8 Å². The molecule has 0 saturated heterocycles. The Morgan fingerprint density at radius 1 is 1.22 bits per heavy atom. The molecule has 0 radical (unpaired) electrons. The van der Waals surface area contributed by atoms with Gasteiger partial charge in [-0.3, -0.25) is 0 Å². The van der Waals surface area contributed by atoms with Gasteiger partial charge in [-0.05, 0) is 37.4 Å². The molecule has 0 spiro atoms. The first-order valence-corrected chi connectivity index (χ1v) is 10.6. The summed E-state index contributed by atoms with van der Waals surface area (Å²) < 4.78 is 39.3. The fourth-order valence-corrected chi connectivity index (χ4v) is 5.67.